The van der Waals surface area contributed by atoms with E-state index in [1.165, 1.54) is 19.1 Å². The Hall–Kier alpha value is -1.96. The van der Waals surface area contributed by atoms with Crippen LogP contribution in [0.5, 0.6) is 0 Å². The van der Waals surface area contributed by atoms with Gasteiger partial charge in [0.1, 0.15) is 0 Å². The SMILES string of the molecule is CCCc1noc(CN(CC(=O)OC)CC(=O)OC)n1. The molecule has 0 radical (unpaired) electrons. The summed E-state index contributed by atoms with van der Waals surface area (Å²) in [6, 6.07) is 0. The number of carbonyl (C=O) groups is 2. The van der Waals surface area contributed by atoms with E-state index in [0.29, 0.717) is 11.7 Å². The first-order valence-electron chi connectivity index (χ1n) is 6.26. The van der Waals surface area contributed by atoms with Crippen LogP contribution < -0.4 is 0 Å². The Bertz CT molecular complexity index is 428. The summed E-state index contributed by atoms with van der Waals surface area (Å²) in [7, 11) is 2.56. The molecule has 0 aromatic carbocycles. The first kappa shape index (κ1) is 16.1. The molecule has 0 saturated carbocycles. The van der Waals surface area contributed by atoms with Gasteiger partial charge >= 0.3 is 11.9 Å². The average molecular weight is 285 g/mol. The van der Waals surface area contributed by atoms with Crippen molar-refractivity contribution in [3.8, 4) is 0 Å². The Morgan fingerprint density at radius 3 is 2.30 bits per heavy atom. The molecular formula is C12H19N3O5. The van der Waals surface area contributed by atoms with E-state index in [1.54, 1.807) is 0 Å². The minimum atomic E-state index is -0.456. The molecule has 1 heterocycles. The molecule has 112 valence electrons. The van der Waals surface area contributed by atoms with E-state index in [0.717, 1.165) is 12.8 Å². The summed E-state index contributed by atoms with van der Waals surface area (Å²) in [4.78, 5) is 28.3. The highest BCUT2D eigenvalue weighted by molar-refractivity contribution is 5.74. The quantitative estimate of drug-likeness (QED) is 0.624. The molecule has 8 heteroatoms. The Morgan fingerprint density at radius 2 is 1.80 bits per heavy atom. The maximum Gasteiger partial charge on any atom is 0.319 e. The van der Waals surface area contributed by atoms with E-state index in [4.69, 9.17) is 4.52 Å². The second kappa shape index (κ2) is 8.26. The summed E-state index contributed by atoms with van der Waals surface area (Å²) in [6.07, 6.45) is 1.63. The van der Waals surface area contributed by atoms with Crippen molar-refractivity contribution in [2.75, 3.05) is 27.3 Å². The molecule has 0 saturated heterocycles. The largest absolute Gasteiger partial charge is 0.468 e. The highest BCUT2D eigenvalue weighted by Gasteiger charge is 2.18. The van der Waals surface area contributed by atoms with Gasteiger partial charge in [0.15, 0.2) is 5.82 Å². The lowest BCUT2D eigenvalue weighted by Gasteiger charge is -2.17. The normalized spacial score (nSPS) is 10.6. The Balaban J connectivity index is 2.66. The fourth-order valence-corrected chi connectivity index (χ4v) is 1.53. The van der Waals surface area contributed by atoms with E-state index in [9.17, 15) is 9.59 Å². The monoisotopic (exact) mass is 285 g/mol. The average Bonchev–Trinajstić information content (AvgIpc) is 2.86. The molecule has 0 unspecified atom stereocenters. The maximum absolute atomic E-state index is 11.3. The second-order valence-electron chi connectivity index (χ2n) is 4.15. The van der Waals surface area contributed by atoms with Crippen LogP contribution in [0.25, 0.3) is 0 Å². The zero-order valence-corrected chi connectivity index (χ0v) is 11.9. The topological polar surface area (TPSA) is 94.8 Å². The van der Waals surface area contributed by atoms with E-state index in [1.807, 2.05) is 6.92 Å². The Labute approximate surface area is 117 Å². The molecule has 0 aliphatic rings. The Kier molecular flexibility index (Phi) is 6.65. The van der Waals surface area contributed by atoms with Crippen LogP contribution in [0.1, 0.15) is 25.1 Å². The van der Waals surface area contributed by atoms with Crippen LogP contribution in [0.15, 0.2) is 4.52 Å². The van der Waals surface area contributed by atoms with Crippen LogP contribution in [-0.4, -0.2) is 54.3 Å². The van der Waals surface area contributed by atoms with Gasteiger partial charge in [-0.3, -0.25) is 14.5 Å². The van der Waals surface area contributed by atoms with Gasteiger partial charge in [0, 0.05) is 6.42 Å². The van der Waals surface area contributed by atoms with Crippen molar-refractivity contribution in [1.29, 1.82) is 0 Å². The van der Waals surface area contributed by atoms with E-state index in [2.05, 4.69) is 19.6 Å². The van der Waals surface area contributed by atoms with Crippen molar-refractivity contribution in [3.63, 3.8) is 0 Å². The lowest BCUT2D eigenvalue weighted by molar-refractivity contribution is -0.145. The minimum Gasteiger partial charge on any atom is -0.468 e. The van der Waals surface area contributed by atoms with E-state index < -0.39 is 11.9 Å². The highest BCUT2D eigenvalue weighted by Crippen LogP contribution is 2.05. The number of aromatic nitrogens is 2. The third-order valence-corrected chi connectivity index (χ3v) is 2.50. The predicted molar refractivity (Wildman–Crippen MR) is 67.6 cm³/mol. The molecule has 0 atom stereocenters. The van der Waals surface area contributed by atoms with Crippen molar-refractivity contribution in [3.05, 3.63) is 11.7 Å². The van der Waals surface area contributed by atoms with Gasteiger partial charge in [-0.05, 0) is 6.42 Å². The van der Waals surface area contributed by atoms with E-state index in [-0.39, 0.29) is 19.6 Å². The fraction of sp³-hybridized carbons (Fsp3) is 0.667. The molecule has 1 rings (SSSR count). The summed E-state index contributed by atoms with van der Waals surface area (Å²) in [5, 5.41) is 3.81. The van der Waals surface area contributed by atoms with Gasteiger partial charge in [-0.2, -0.15) is 4.98 Å². The third kappa shape index (κ3) is 5.35. The van der Waals surface area contributed by atoms with Gasteiger partial charge in [-0.25, -0.2) is 0 Å². The lowest BCUT2D eigenvalue weighted by Crippen LogP contribution is -2.35. The summed E-state index contributed by atoms with van der Waals surface area (Å²) in [5.41, 5.74) is 0. The number of nitrogens with zero attached hydrogens (tertiary/aromatic N) is 3. The van der Waals surface area contributed by atoms with E-state index >= 15 is 0 Å². The molecule has 1 aromatic rings. The molecule has 1 aromatic heterocycles. The number of hydrogen-bond donors (Lipinski definition) is 0. The second-order valence-corrected chi connectivity index (χ2v) is 4.15. The number of aryl methyl sites for hydroxylation is 1. The molecular weight excluding hydrogens is 266 g/mol. The fourth-order valence-electron chi connectivity index (χ4n) is 1.53. The standard InChI is InChI=1S/C12H19N3O5/c1-4-5-9-13-10(20-14-9)6-15(7-11(16)18-2)8-12(17)19-3/h4-8H2,1-3H3. The number of hydrogen-bond acceptors (Lipinski definition) is 8. The maximum atomic E-state index is 11.3. The lowest BCUT2D eigenvalue weighted by atomic mass is 10.3. The molecule has 8 nitrogen and oxygen atoms in total. The Morgan fingerprint density at radius 1 is 1.20 bits per heavy atom. The summed E-state index contributed by atoms with van der Waals surface area (Å²) in [5.74, 6) is 0.0456. The molecule has 0 amide bonds. The van der Waals surface area contributed by atoms with Crippen molar-refractivity contribution in [2.24, 2.45) is 0 Å². The van der Waals surface area contributed by atoms with Gasteiger partial charge in [-0.1, -0.05) is 12.1 Å². The summed E-state index contributed by atoms with van der Waals surface area (Å²) >= 11 is 0. The number of methoxy groups -OCH3 is 2. The third-order valence-electron chi connectivity index (χ3n) is 2.50. The van der Waals surface area contributed by atoms with Crippen molar-refractivity contribution >= 4 is 11.9 Å². The molecule has 0 N–H and O–H groups in total. The van der Waals surface area contributed by atoms with Crippen molar-refractivity contribution in [2.45, 2.75) is 26.3 Å². The zero-order chi connectivity index (χ0) is 15.0. The van der Waals surface area contributed by atoms with Gasteiger partial charge in [0.2, 0.25) is 5.89 Å². The molecule has 0 spiro atoms. The van der Waals surface area contributed by atoms with Gasteiger partial charge in [-0.15, -0.1) is 0 Å². The molecule has 0 aliphatic heterocycles. The van der Waals surface area contributed by atoms with Crippen LogP contribution in [-0.2, 0) is 32.0 Å². The number of ether oxygens (including phenoxy) is 2. The number of esters is 2. The summed E-state index contributed by atoms with van der Waals surface area (Å²) in [6.45, 7) is 2.08. The highest BCUT2D eigenvalue weighted by atomic mass is 16.5. The van der Waals surface area contributed by atoms with Crippen LogP contribution in [0, 0.1) is 0 Å². The van der Waals surface area contributed by atoms with Crippen LogP contribution in [0.4, 0.5) is 0 Å². The molecule has 0 fully saturated rings. The van der Waals surface area contributed by atoms with Crippen LogP contribution >= 0.6 is 0 Å². The van der Waals surface area contributed by atoms with Gasteiger partial charge in [0.05, 0.1) is 33.9 Å². The molecule has 0 bridgehead atoms. The first-order chi connectivity index (χ1) is 9.58. The van der Waals surface area contributed by atoms with Crippen molar-refractivity contribution < 1.29 is 23.6 Å². The molecule has 20 heavy (non-hydrogen) atoms. The number of carbonyl (C=O) groups excluding carboxylic acids is 2. The van der Waals surface area contributed by atoms with Gasteiger partial charge < -0.3 is 14.0 Å². The van der Waals surface area contributed by atoms with Crippen molar-refractivity contribution in [1.82, 2.24) is 15.0 Å². The van der Waals surface area contributed by atoms with Gasteiger partial charge in [0.25, 0.3) is 0 Å². The minimum absolute atomic E-state index is 0.0584. The molecule has 0 aliphatic carbocycles. The number of rotatable bonds is 8. The zero-order valence-electron chi connectivity index (χ0n) is 11.9. The van der Waals surface area contributed by atoms with Crippen LogP contribution in [0.3, 0.4) is 0 Å². The predicted octanol–water partition coefficient (Wildman–Crippen LogP) is 0.170. The first-order valence-corrected chi connectivity index (χ1v) is 6.26. The smallest absolute Gasteiger partial charge is 0.319 e. The van der Waals surface area contributed by atoms with Crippen LogP contribution in [0.2, 0.25) is 0 Å². The summed E-state index contributed by atoms with van der Waals surface area (Å²) < 4.78 is 14.2.